The van der Waals surface area contributed by atoms with Gasteiger partial charge in [-0.15, -0.1) is 17.5 Å². The lowest BCUT2D eigenvalue weighted by Gasteiger charge is -2.14. The van der Waals surface area contributed by atoms with Gasteiger partial charge in [-0.1, -0.05) is 0 Å². The molecule has 0 aliphatic heterocycles. The minimum Gasteiger partial charge on any atom is -0.338 e. The minimum absolute atomic E-state index is 0. The summed E-state index contributed by atoms with van der Waals surface area (Å²) in [4.78, 5) is 21.8. The monoisotopic (exact) mass is 348 g/mol. The molecule has 0 bridgehead atoms. The van der Waals surface area contributed by atoms with Crippen LogP contribution in [-0.4, -0.2) is 57.6 Å². The van der Waals surface area contributed by atoms with E-state index in [2.05, 4.69) is 36.3 Å². The average Bonchev–Trinajstić information content (AvgIpc) is 2.77. The molecule has 0 atom stereocenters. The van der Waals surface area contributed by atoms with E-state index in [4.69, 9.17) is 0 Å². The highest BCUT2D eigenvalue weighted by atomic mass is 79.9. The van der Waals surface area contributed by atoms with Gasteiger partial charge in [-0.25, -0.2) is 9.50 Å². The van der Waals surface area contributed by atoms with Crippen molar-refractivity contribution in [3.05, 3.63) is 22.7 Å². The number of nitrogens with zero attached hydrogens (tertiary/aromatic N) is 5. The second-order valence-corrected chi connectivity index (χ2v) is 4.70. The van der Waals surface area contributed by atoms with Crippen LogP contribution in [0, 0.1) is 0 Å². The smallest absolute Gasteiger partial charge is 0.293 e. The topological polar surface area (TPSA) is 75.4 Å². The van der Waals surface area contributed by atoms with E-state index in [-0.39, 0.29) is 24.1 Å². The van der Waals surface area contributed by atoms with Gasteiger partial charge < -0.3 is 10.2 Å². The Morgan fingerprint density at radius 2 is 2.32 bits per heavy atom. The van der Waals surface area contributed by atoms with Crippen LogP contribution in [0.1, 0.15) is 10.6 Å². The third kappa shape index (κ3) is 3.62. The molecule has 0 unspecified atom stereocenters. The van der Waals surface area contributed by atoms with Crippen LogP contribution in [-0.2, 0) is 0 Å². The third-order valence-electron chi connectivity index (χ3n) is 2.40. The lowest BCUT2D eigenvalue weighted by molar-refractivity contribution is 0.0785. The van der Waals surface area contributed by atoms with Crippen molar-refractivity contribution in [2.24, 2.45) is 0 Å². The summed E-state index contributed by atoms with van der Waals surface area (Å²) < 4.78 is 2.26. The number of likely N-dealkylation sites (N-methyl/N-ethyl adjacent to an activating group) is 2. The molecule has 2 heterocycles. The van der Waals surface area contributed by atoms with Gasteiger partial charge in [0.1, 0.15) is 0 Å². The molecule has 104 valence electrons. The quantitative estimate of drug-likeness (QED) is 0.875. The summed E-state index contributed by atoms with van der Waals surface area (Å²) in [6.07, 6.45) is 3.32. The summed E-state index contributed by atoms with van der Waals surface area (Å²) in [7, 11) is 3.55. The van der Waals surface area contributed by atoms with E-state index in [1.165, 1.54) is 4.52 Å². The summed E-state index contributed by atoms with van der Waals surface area (Å²) in [6, 6.07) is 0. The van der Waals surface area contributed by atoms with Crippen LogP contribution in [0.2, 0.25) is 0 Å². The van der Waals surface area contributed by atoms with Crippen molar-refractivity contribution >= 4 is 40.0 Å². The first-order valence-corrected chi connectivity index (χ1v) is 6.19. The Balaban J connectivity index is 0.00000180. The molecule has 19 heavy (non-hydrogen) atoms. The summed E-state index contributed by atoms with van der Waals surface area (Å²) in [5.74, 6) is 0.342. The normalized spacial score (nSPS) is 10.3. The second-order valence-electron chi connectivity index (χ2n) is 3.78. The van der Waals surface area contributed by atoms with E-state index in [1.54, 1.807) is 24.3 Å². The maximum atomic E-state index is 12.0. The Morgan fingerprint density at radius 1 is 1.58 bits per heavy atom. The van der Waals surface area contributed by atoms with E-state index in [9.17, 15) is 4.79 Å². The number of hydrogen-bond donors (Lipinski definition) is 1. The molecule has 9 heteroatoms. The van der Waals surface area contributed by atoms with Gasteiger partial charge in [0.05, 0.1) is 4.47 Å². The average molecular weight is 350 g/mol. The molecular formula is C10H14BrClN6O. The Morgan fingerprint density at radius 3 is 3.00 bits per heavy atom. The largest absolute Gasteiger partial charge is 0.338 e. The maximum absolute atomic E-state index is 12.0. The number of carbonyl (C=O) groups excluding carboxylic acids is 1. The highest BCUT2D eigenvalue weighted by Gasteiger charge is 2.17. The van der Waals surface area contributed by atoms with Gasteiger partial charge in [-0.2, -0.15) is 4.98 Å². The van der Waals surface area contributed by atoms with Crippen molar-refractivity contribution in [3.8, 4) is 0 Å². The molecular weight excluding hydrogens is 336 g/mol. The number of rotatable bonds is 4. The van der Waals surface area contributed by atoms with E-state index < -0.39 is 0 Å². The number of fused-ring (bicyclic) bond motifs is 1. The molecule has 0 radical (unpaired) electrons. The van der Waals surface area contributed by atoms with Crippen LogP contribution in [0.4, 0.5) is 0 Å². The molecule has 0 saturated heterocycles. The summed E-state index contributed by atoms with van der Waals surface area (Å²) in [5.41, 5.74) is 0. The van der Waals surface area contributed by atoms with Crippen LogP contribution < -0.4 is 5.32 Å². The van der Waals surface area contributed by atoms with Gasteiger partial charge in [-0.05, 0) is 23.0 Å². The zero-order valence-electron chi connectivity index (χ0n) is 10.5. The highest BCUT2D eigenvalue weighted by molar-refractivity contribution is 9.10. The summed E-state index contributed by atoms with van der Waals surface area (Å²) >= 11 is 3.29. The zero-order valence-corrected chi connectivity index (χ0v) is 12.9. The molecule has 0 fully saturated rings. The van der Waals surface area contributed by atoms with Crippen molar-refractivity contribution in [3.63, 3.8) is 0 Å². The van der Waals surface area contributed by atoms with Crippen LogP contribution in [0.3, 0.4) is 0 Å². The van der Waals surface area contributed by atoms with Crippen molar-refractivity contribution in [1.29, 1.82) is 0 Å². The standard InChI is InChI=1S/C10H13BrN6O.ClH/c1-12-3-4-16(2)9(18)8-14-10-13-5-7(11)6-17(10)15-8;/h5-6,12H,3-4H2,1-2H3;1H. The number of aromatic nitrogens is 4. The van der Waals surface area contributed by atoms with E-state index in [0.29, 0.717) is 12.3 Å². The van der Waals surface area contributed by atoms with Gasteiger partial charge in [0.15, 0.2) is 0 Å². The fourth-order valence-corrected chi connectivity index (χ4v) is 1.70. The molecule has 0 aromatic carbocycles. The SMILES string of the molecule is CNCCN(C)C(=O)c1nc2ncc(Br)cn2n1.Cl. The van der Waals surface area contributed by atoms with Gasteiger partial charge >= 0.3 is 0 Å². The first-order valence-electron chi connectivity index (χ1n) is 5.40. The van der Waals surface area contributed by atoms with E-state index >= 15 is 0 Å². The van der Waals surface area contributed by atoms with Crippen LogP contribution >= 0.6 is 28.3 Å². The number of nitrogens with one attached hydrogen (secondary N) is 1. The predicted molar refractivity (Wildman–Crippen MR) is 76.6 cm³/mol. The molecule has 1 amide bonds. The predicted octanol–water partition coefficient (Wildman–Crippen LogP) is 0.600. The lowest BCUT2D eigenvalue weighted by Crippen LogP contribution is -2.33. The maximum Gasteiger partial charge on any atom is 0.293 e. The Bertz CT molecular complexity index is 574. The van der Waals surface area contributed by atoms with Gasteiger partial charge in [0.2, 0.25) is 5.82 Å². The Labute approximate surface area is 124 Å². The third-order valence-corrected chi connectivity index (χ3v) is 2.81. The molecule has 2 rings (SSSR count). The first-order chi connectivity index (χ1) is 8.61. The molecule has 0 aliphatic carbocycles. The summed E-state index contributed by atoms with van der Waals surface area (Å²) in [6.45, 7) is 1.32. The van der Waals surface area contributed by atoms with Crippen molar-refractivity contribution in [1.82, 2.24) is 29.8 Å². The molecule has 1 N–H and O–H groups in total. The van der Waals surface area contributed by atoms with Crippen LogP contribution in [0.15, 0.2) is 16.9 Å². The number of halogens is 2. The fraction of sp³-hybridized carbons (Fsp3) is 0.400. The van der Waals surface area contributed by atoms with E-state index in [0.717, 1.165) is 11.0 Å². The molecule has 2 aromatic heterocycles. The van der Waals surface area contributed by atoms with Crippen molar-refractivity contribution in [2.45, 2.75) is 0 Å². The second kappa shape index (κ2) is 6.78. The first kappa shape index (κ1) is 15.8. The molecule has 0 aliphatic rings. The fourth-order valence-electron chi connectivity index (χ4n) is 1.40. The number of carbonyl (C=O) groups is 1. The van der Waals surface area contributed by atoms with Crippen LogP contribution in [0.5, 0.6) is 0 Å². The zero-order chi connectivity index (χ0) is 13.1. The van der Waals surface area contributed by atoms with Gasteiger partial charge in [0, 0.05) is 32.5 Å². The Kier molecular flexibility index (Phi) is 5.64. The van der Waals surface area contributed by atoms with Crippen molar-refractivity contribution in [2.75, 3.05) is 27.2 Å². The molecule has 2 aromatic rings. The molecule has 0 spiro atoms. The summed E-state index contributed by atoms with van der Waals surface area (Å²) in [5, 5.41) is 7.08. The van der Waals surface area contributed by atoms with Crippen molar-refractivity contribution < 1.29 is 4.79 Å². The molecule has 7 nitrogen and oxygen atoms in total. The highest BCUT2D eigenvalue weighted by Crippen LogP contribution is 2.08. The van der Waals surface area contributed by atoms with E-state index in [1.807, 2.05) is 7.05 Å². The Hall–Kier alpha value is -1.25. The van der Waals surface area contributed by atoms with Crippen LogP contribution in [0.25, 0.3) is 5.78 Å². The molecule has 0 saturated carbocycles. The lowest BCUT2D eigenvalue weighted by atomic mass is 10.4. The minimum atomic E-state index is -0.216. The van der Waals surface area contributed by atoms with Gasteiger partial charge in [-0.3, -0.25) is 4.79 Å². The number of hydrogen-bond acceptors (Lipinski definition) is 5. The van der Waals surface area contributed by atoms with Gasteiger partial charge in [0.25, 0.3) is 11.7 Å². The number of amides is 1.